The first-order chi connectivity index (χ1) is 9.26. The van der Waals surface area contributed by atoms with Gasteiger partial charge in [-0.05, 0) is 19.3 Å². The fourth-order valence-electron chi connectivity index (χ4n) is 2.12. The summed E-state index contributed by atoms with van der Waals surface area (Å²) in [5.74, 6) is -0.829. The average Bonchev–Trinajstić information content (AvgIpc) is 2.38. The first-order valence-electron chi connectivity index (χ1n) is 7.12. The summed E-state index contributed by atoms with van der Waals surface area (Å²) in [6.45, 7) is 6.93. The Morgan fingerprint density at radius 3 is 2.25 bits per heavy atom. The molecular formula is C14H25NO5. The van der Waals surface area contributed by atoms with E-state index in [2.05, 4.69) is 13.8 Å². The molecule has 1 heterocycles. The number of aliphatic hydroxyl groups is 1. The second-order valence-electron chi connectivity index (χ2n) is 5.86. The quantitative estimate of drug-likeness (QED) is 0.757. The highest BCUT2D eigenvalue weighted by Crippen LogP contribution is 2.23. The number of ether oxygens (including phenoxy) is 1. The van der Waals surface area contributed by atoms with Gasteiger partial charge in [-0.1, -0.05) is 13.8 Å². The molecule has 1 aliphatic heterocycles. The van der Waals surface area contributed by atoms with Gasteiger partial charge in [0.15, 0.2) is 5.60 Å². The third-order valence-corrected chi connectivity index (χ3v) is 3.71. The van der Waals surface area contributed by atoms with E-state index in [4.69, 9.17) is 9.84 Å². The van der Waals surface area contributed by atoms with Gasteiger partial charge < -0.3 is 19.8 Å². The maximum Gasteiger partial charge on any atom is 0.335 e. The van der Waals surface area contributed by atoms with E-state index in [1.165, 1.54) is 0 Å². The van der Waals surface area contributed by atoms with Gasteiger partial charge in [-0.15, -0.1) is 0 Å². The molecule has 1 aliphatic rings. The molecule has 0 bridgehead atoms. The van der Waals surface area contributed by atoms with E-state index in [9.17, 15) is 14.7 Å². The van der Waals surface area contributed by atoms with Crippen LogP contribution < -0.4 is 0 Å². The molecule has 0 aromatic rings. The van der Waals surface area contributed by atoms with Crippen LogP contribution in [0, 0.1) is 5.92 Å². The highest BCUT2D eigenvalue weighted by Gasteiger charge is 2.41. The minimum absolute atomic E-state index is 0.0623. The van der Waals surface area contributed by atoms with Gasteiger partial charge in [0.05, 0.1) is 0 Å². The van der Waals surface area contributed by atoms with Crippen LogP contribution in [-0.4, -0.2) is 58.4 Å². The van der Waals surface area contributed by atoms with Crippen LogP contribution in [-0.2, 0) is 14.3 Å². The van der Waals surface area contributed by atoms with Crippen molar-refractivity contribution >= 4 is 11.9 Å². The molecule has 20 heavy (non-hydrogen) atoms. The molecule has 6 nitrogen and oxygen atoms in total. The molecule has 1 atom stereocenters. The van der Waals surface area contributed by atoms with Crippen molar-refractivity contribution in [1.29, 1.82) is 0 Å². The van der Waals surface area contributed by atoms with E-state index in [0.717, 1.165) is 6.42 Å². The molecule has 0 spiro atoms. The van der Waals surface area contributed by atoms with E-state index in [0.29, 0.717) is 12.5 Å². The number of aliphatic carboxylic acids is 1. The van der Waals surface area contributed by atoms with Crippen molar-refractivity contribution < 1.29 is 24.5 Å². The highest BCUT2D eigenvalue weighted by atomic mass is 16.5. The number of carboxylic acid groups (broad SMARTS) is 1. The molecule has 1 unspecified atom stereocenters. The Morgan fingerprint density at radius 2 is 1.80 bits per heavy atom. The lowest BCUT2D eigenvalue weighted by Crippen LogP contribution is -2.52. The molecule has 1 amide bonds. The third-order valence-electron chi connectivity index (χ3n) is 3.71. The fraction of sp³-hybridized carbons (Fsp3) is 0.857. The second kappa shape index (κ2) is 7.04. The molecule has 2 N–H and O–H groups in total. The van der Waals surface area contributed by atoms with Gasteiger partial charge in [0.25, 0.3) is 5.91 Å². The molecule has 0 saturated carbocycles. The van der Waals surface area contributed by atoms with Crippen LogP contribution in [0.4, 0.5) is 0 Å². The lowest BCUT2D eigenvalue weighted by Gasteiger charge is -2.36. The van der Waals surface area contributed by atoms with Crippen LogP contribution >= 0.6 is 0 Å². The summed E-state index contributed by atoms with van der Waals surface area (Å²) in [5, 5.41) is 18.7. The number of hydrogen-bond acceptors (Lipinski definition) is 4. The van der Waals surface area contributed by atoms with Crippen LogP contribution in [0.25, 0.3) is 0 Å². The molecular weight excluding hydrogens is 262 g/mol. The normalized spacial score (nSPS) is 19.9. The Kier molecular flexibility index (Phi) is 5.95. The molecule has 0 radical (unpaired) electrons. The Morgan fingerprint density at radius 1 is 1.25 bits per heavy atom. The average molecular weight is 287 g/mol. The number of carbonyl (C=O) groups is 2. The smallest absolute Gasteiger partial charge is 0.335 e. The zero-order valence-corrected chi connectivity index (χ0v) is 12.5. The minimum Gasteiger partial charge on any atom is -0.479 e. The summed E-state index contributed by atoms with van der Waals surface area (Å²) in [4.78, 5) is 24.6. The summed E-state index contributed by atoms with van der Waals surface area (Å²) in [6.07, 6.45) is 0.500. The van der Waals surface area contributed by atoms with Crippen LogP contribution in [0.15, 0.2) is 0 Å². The lowest BCUT2D eigenvalue weighted by atomic mass is 9.91. The van der Waals surface area contributed by atoms with E-state index in [-0.39, 0.29) is 31.8 Å². The second-order valence-corrected chi connectivity index (χ2v) is 5.86. The predicted molar refractivity (Wildman–Crippen MR) is 73.3 cm³/mol. The third kappa shape index (κ3) is 4.45. The summed E-state index contributed by atoms with van der Waals surface area (Å²) in [6, 6.07) is 0. The fourth-order valence-corrected chi connectivity index (χ4v) is 2.12. The van der Waals surface area contributed by atoms with Crippen LogP contribution in [0.5, 0.6) is 0 Å². The first kappa shape index (κ1) is 16.9. The summed E-state index contributed by atoms with van der Waals surface area (Å²) >= 11 is 0. The Balaban J connectivity index is 2.40. The van der Waals surface area contributed by atoms with Gasteiger partial charge in [0.1, 0.15) is 6.10 Å². The van der Waals surface area contributed by atoms with Crippen molar-refractivity contribution in [2.75, 3.05) is 19.7 Å². The van der Waals surface area contributed by atoms with E-state index >= 15 is 0 Å². The number of carboxylic acids is 1. The zero-order chi connectivity index (χ0) is 15.3. The number of amides is 1. The number of rotatable bonds is 6. The maximum absolute atomic E-state index is 12.1. The van der Waals surface area contributed by atoms with Crippen molar-refractivity contribution in [1.82, 2.24) is 4.90 Å². The Bertz CT molecular complexity index is 347. The number of carbonyl (C=O) groups excluding carboxylic acids is 1. The largest absolute Gasteiger partial charge is 0.479 e. The summed E-state index contributed by atoms with van der Waals surface area (Å²) in [5.41, 5.74) is -1.70. The molecule has 0 aliphatic carbocycles. The van der Waals surface area contributed by atoms with Crippen molar-refractivity contribution in [3.63, 3.8) is 0 Å². The van der Waals surface area contributed by atoms with Gasteiger partial charge in [-0.3, -0.25) is 4.79 Å². The van der Waals surface area contributed by atoms with Crippen molar-refractivity contribution in [2.45, 2.75) is 51.7 Å². The summed E-state index contributed by atoms with van der Waals surface area (Å²) < 4.78 is 5.50. The predicted octanol–water partition coefficient (Wildman–Crippen LogP) is 0.876. The van der Waals surface area contributed by atoms with Crippen LogP contribution in [0.1, 0.15) is 40.0 Å². The number of likely N-dealkylation sites (tertiary alicyclic amines) is 1. The van der Waals surface area contributed by atoms with E-state index in [1.807, 2.05) is 0 Å². The van der Waals surface area contributed by atoms with E-state index in [1.54, 1.807) is 11.8 Å². The number of hydrogen-bond donors (Lipinski definition) is 2. The summed E-state index contributed by atoms with van der Waals surface area (Å²) in [7, 11) is 0. The molecule has 6 heteroatoms. The van der Waals surface area contributed by atoms with Gasteiger partial charge in [-0.25, -0.2) is 4.79 Å². The zero-order valence-electron chi connectivity index (χ0n) is 12.5. The topological polar surface area (TPSA) is 87.1 Å². The minimum atomic E-state index is -1.70. The lowest BCUT2D eigenvalue weighted by molar-refractivity contribution is -0.167. The van der Waals surface area contributed by atoms with Crippen molar-refractivity contribution in [3.8, 4) is 0 Å². The van der Waals surface area contributed by atoms with Gasteiger partial charge in [0, 0.05) is 32.5 Å². The first-order valence-corrected chi connectivity index (χ1v) is 7.12. The maximum atomic E-state index is 12.1. The monoisotopic (exact) mass is 287 g/mol. The van der Waals surface area contributed by atoms with Gasteiger partial charge >= 0.3 is 5.97 Å². The Hall–Kier alpha value is -1.14. The van der Waals surface area contributed by atoms with Crippen LogP contribution in [0.2, 0.25) is 0 Å². The van der Waals surface area contributed by atoms with Gasteiger partial charge in [-0.2, -0.15) is 0 Å². The van der Waals surface area contributed by atoms with Crippen LogP contribution in [0.3, 0.4) is 0 Å². The number of nitrogens with zero attached hydrogens (tertiary/aromatic N) is 1. The molecule has 0 aromatic carbocycles. The van der Waals surface area contributed by atoms with Crippen molar-refractivity contribution in [2.24, 2.45) is 5.92 Å². The van der Waals surface area contributed by atoms with Crippen molar-refractivity contribution in [3.05, 3.63) is 0 Å². The molecule has 1 rings (SSSR count). The highest BCUT2D eigenvalue weighted by molar-refractivity contribution is 5.82. The SMILES string of the molecule is CC(C)CCOC(C)C(=O)N1CCC(O)(C(=O)O)CC1. The Labute approximate surface area is 119 Å². The van der Waals surface area contributed by atoms with Gasteiger partial charge in [0.2, 0.25) is 0 Å². The molecule has 0 aromatic heterocycles. The number of piperidine rings is 1. The standard InChI is InChI=1S/C14H25NO5/c1-10(2)4-9-20-11(3)12(16)15-7-5-14(19,6-8-15)13(17)18/h10-11,19H,4-9H2,1-3H3,(H,17,18). The molecule has 1 saturated heterocycles. The molecule has 116 valence electrons. The molecule has 1 fully saturated rings. The van der Waals surface area contributed by atoms with E-state index < -0.39 is 17.7 Å².